The van der Waals surface area contributed by atoms with E-state index in [1.54, 1.807) is 16.8 Å². The first-order valence-electron chi connectivity index (χ1n) is 9.98. The quantitative estimate of drug-likeness (QED) is 0.688. The van der Waals surface area contributed by atoms with Gasteiger partial charge in [0.05, 0.1) is 30.3 Å². The minimum atomic E-state index is -0.632. The number of nitriles is 1. The molecule has 1 aliphatic heterocycles. The molecule has 1 aromatic carbocycles. The van der Waals surface area contributed by atoms with Crippen LogP contribution in [0.15, 0.2) is 71.0 Å². The molecule has 0 aliphatic carbocycles. The van der Waals surface area contributed by atoms with Crippen LogP contribution in [0.4, 0.5) is 0 Å². The van der Waals surface area contributed by atoms with Gasteiger partial charge in [0.1, 0.15) is 23.1 Å². The number of aryl methyl sites for hydroxylation is 1. The van der Waals surface area contributed by atoms with Gasteiger partial charge in [0, 0.05) is 18.0 Å². The fourth-order valence-electron chi connectivity index (χ4n) is 3.79. The van der Waals surface area contributed by atoms with Crippen LogP contribution in [0.3, 0.4) is 0 Å². The van der Waals surface area contributed by atoms with Crippen molar-refractivity contribution in [2.24, 2.45) is 5.73 Å². The minimum absolute atomic E-state index is 0.00941. The standard InChI is InChI=1S/C24H22N4O3/c1-3-30-18-9-7-16(8-10-18)21-19(13-25)23(26)31-20-12-15(2)28(24(29)22(20)21)14-17-6-4-5-11-27-17/h4-12,21H,3,14,26H2,1-2H3/t21-/m1/s1. The predicted octanol–water partition coefficient (Wildman–Crippen LogP) is 3.22. The monoisotopic (exact) mass is 414 g/mol. The van der Waals surface area contributed by atoms with Crippen LogP contribution in [0.5, 0.6) is 11.5 Å². The lowest BCUT2D eigenvalue weighted by atomic mass is 9.84. The van der Waals surface area contributed by atoms with Crippen LogP contribution in [-0.4, -0.2) is 16.2 Å². The summed E-state index contributed by atoms with van der Waals surface area (Å²) < 4.78 is 12.9. The zero-order chi connectivity index (χ0) is 22.0. The maximum Gasteiger partial charge on any atom is 0.259 e. The molecule has 0 fully saturated rings. The van der Waals surface area contributed by atoms with Crippen LogP contribution in [0.25, 0.3) is 0 Å². The molecule has 3 aromatic rings. The van der Waals surface area contributed by atoms with E-state index in [2.05, 4.69) is 11.1 Å². The molecule has 4 rings (SSSR count). The van der Waals surface area contributed by atoms with E-state index < -0.39 is 5.92 Å². The highest BCUT2D eigenvalue weighted by atomic mass is 16.5. The van der Waals surface area contributed by atoms with Crippen LogP contribution in [-0.2, 0) is 6.54 Å². The summed E-state index contributed by atoms with van der Waals surface area (Å²) in [7, 11) is 0. The van der Waals surface area contributed by atoms with E-state index in [0.717, 1.165) is 11.3 Å². The van der Waals surface area contributed by atoms with Gasteiger partial charge in [-0.2, -0.15) is 5.26 Å². The maximum absolute atomic E-state index is 13.6. The highest BCUT2D eigenvalue weighted by molar-refractivity contribution is 5.55. The smallest absolute Gasteiger partial charge is 0.259 e. The van der Waals surface area contributed by atoms with Crippen LogP contribution >= 0.6 is 0 Å². The van der Waals surface area contributed by atoms with Gasteiger partial charge in [-0.1, -0.05) is 18.2 Å². The van der Waals surface area contributed by atoms with Gasteiger partial charge >= 0.3 is 0 Å². The topological polar surface area (TPSA) is 103 Å². The lowest BCUT2D eigenvalue weighted by Crippen LogP contribution is -2.33. The zero-order valence-corrected chi connectivity index (χ0v) is 17.3. The van der Waals surface area contributed by atoms with Crippen molar-refractivity contribution in [3.05, 3.63) is 99.1 Å². The van der Waals surface area contributed by atoms with Crippen molar-refractivity contribution in [2.75, 3.05) is 6.61 Å². The second-order valence-electron chi connectivity index (χ2n) is 7.20. The molecule has 7 heteroatoms. The summed E-state index contributed by atoms with van der Waals surface area (Å²) in [5, 5.41) is 9.80. The van der Waals surface area contributed by atoms with E-state index in [-0.39, 0.29) is 17.0 Å². The average Bonchev–Trinajstić information content (AvgIpc) is 2.77. The molecule has 0 amide bonds. The average molecular weight is 414 g/mol. The van der Waals surface area contributed by atoms with E-state index in [4.69, 9.17) is 15.2 Å². The predicted molar refractivity (Wildman–Crippen MR) is 116 cm³/mol. The van der Waals surface area contributed by atoms with Gasteiger partial charge in [0.2, 0.25) is 5.88 Å². The maximum atomic E-state index is 13.6. The summed E-state index contributed by atoms with van der Waals surface area (Å²) in [4.78, 5) is 17.9. The Kier molecular flexibility index (Phi) is 5.46. The van der Waals surface area contributed by atoms with E-state index in [9.17, 15) is 10.1 Å². The molecular formula is C24H22N4O3. The Morgan fingerprint density at radius 1 is 1.26 bits per heavy atom. The number of hydrogen-bond donors (Lipinski definition) is 1. The fourth-order valence-corrected chi connectivity index (χ4v) is 3.79. The van der Waals surface area contributed by atoms with Gasteiger partial charge in [-0.25, -0.2) is 0 Å². The minimum Gasteiger partial charge on any atom is -0.494 e. The zero-order valence-electron chi connectivity index (χ0n) is 17.3. The Labute approximate surface area is 180 Å². The van der Waals surface area contributed by atoms with E-state index >= 15 is 0 Å². The van der Waals surface area contributed by atoms with E-state index in [0.29, 0.717) is 35.9 Å². The molecule has 31 heavy (non-hydrogen) atoms. The van der Waals surface area contributed by atoms with Gasteiger partial charge < -0.3 is 19.8 Å². The first-order chi connectivity index (χ1) is 15.0. The Morgan fingerprint density at radius 2 is 2.03 bits per heavy atom. The molecule has 7 nitrogen and oxygen atoms in total. The molecule has 0 radical (unpaired) electrons. The lowest BCUT2D eigenvalue weighted by molar-refractivity contribution is 0.340. The van der Waals surface area contributed by atoms with Gasteiger partial charge in [0.25, 0.3) is 5.56 Å². The number of allylic oxidation sites excluding steroid dienone is 1. The van der Waals surface area contributed by atoms with Crippen LogP contribution in [0, 0.1) is 18.3 Å². The van der Waals surface area contributed by atoms with Crippen molar-refractivity contribution in [2.45, 2.75) is 26.3 Å². The molecule has 1 aliphatic rings. The largest absolute Gasteiger partial charge is 0.494 e. The third kappa shape index (κ3) is 3.76. The molecule has 3 heterocycles. The summed E-state index contributed by atoms with van der Waals surface area (Å²) in [6, 6.07) is 16.8. The molecular weight excluding hydrogens is 392 g/mol. The summed E-state index contributed by atoms with van der Waals surface area (Å²) in [5.41, 5.74) is 8.66. The molecule has 0 saturated carbocycles. The van der Waals surface area contributed by atoms with Crippen molar-refractivity contribution in [1.29, 1.82) is 5.26 Å². The van der Waals surface area contributed by atoms with Gasteiger partial charge in [-0.15, -0.1) is 0 Å². The molecule has 1 atom stereocenters. The SMILES string of the molecule is CCOc1ccc([C@@H]2C(C#N)=C(N)Oc3cc(C)n(Cc4ccccn4)c(=O)c32)cc1. The number of nitrogens with two attached hydrogens (primary N) is 1. The van der Waals surface area contributed by atoms with Crippen molar-refractivity contribution < 1.29 is 9.47 Å². The summed E-state index contributed by atoms with van der Waals surface area (Å²) in [5.74, 6) is 0.461. The summed E-state index contributed by atoms with van der Waals surface area (Å²) in [6.07, 6.45) is 1.69. The number of fused-ring (bicyclic) bond motifs is 1. The second kappa shape index (κ2) is 8.36. The third-order valence-electron chi connectivity index (χ3n) is 5.26. The highest BCUT2D eigenvalue weighted by Gasteiger charge is 2.34. The van der Waals surface area contributed by atoms with Crippen LogP contribution < -0.4 is 20.8 Å². The number of hydrogen-bond acceptors (Lipinski definition) is 6. The summed E-state index contributed by atoms with van der Waals surface area (Å²) in [6.45, 7) is 4.61. The summed E-state index contributed by atoms with van der Waals surface area (Å²) >= 11 is 0. The fraction of sp³-hybridized carbons (Fsp3) is 0.208. The van der Waals surface area contributed by atoms with E-state index in [1.165, 1.54) is 0 Å². The Morgan fingerprint density at radius 3 is 2.68 bits per heavy atom. The van der Waals surface area contributed by atoms with Gasteiger partial charge in [-0.3, -0.25) is 9.78 Å². The third-order valence-corrected chi connectivity index (χ3v) is 5.26. The Hall–Kier alpha value is -4.05. The molecule has 2 aromatic heterocycles. The molecule has 0 spiro atoms. The van der Waals surface area contributed by atoms with Gasteiger partial charge in [-0.05, 0) is 43.7 Å². The lowest BCUT2D eigenvalue weighted by Gasteiger charge is -2.27. The van der Waals surface area contributed by atoms with Gasteiger partial charge in [0.15, 0.2) is 0 Å². The van der Waals surface area contributed by atoms with Crippen LogP contribution in [0.1, 0.15) is 35.4 Å². The highest BCUT2D eigenvalue weighted by Crippen LogP contribution is 2.40. The Balaban J connectivity index is 1.87. The second-order valence-corrected chi connectivity index (χ2v) is 7.20. The van der Waals surface area contributed by atoms with Crippen molar-refractivity contribution in [3.8, 4) is 17.6 Å². The molecule has 0 bridgehead atoms. The first-order valence-corrected chi connectivity index (χ1v) is 9.98. The van der Waals surface area contributed by atoms with Crippen molar-refractivity contribution in [3.63, 3.8) is 0 Å². The number of benzene rings is 1. The van der Waals surface area contributed by atoms with E-state index in [1.807, 2.05) is 56.3 Å². The molecule has 0 saturated heterocycles. The number of ether oxygens (including phenoxy) is 2. The molecule has 0 unspecified atom stereocenters. The normalized spacial score (nSPS) is 15.1. The molecule has 156 valence electrons. The molecule has 2 N–H and O–H groups in total. The first kappa shape index (κ1) is 20.2. The number of aromatic nitrogens is 2. The number of nitrogens with zero attached hydrogens (tertiary/aromatic N) is 3. The van der Waals surface area contributed by atoms with Crippen molar-refractivity contribution in [1.82, 2.24) is 9.55 Å². The Bertz CT molecular complexity index is 1240. The number of rotatable bonds is 5. The van der Waals surface area contributed by atoms with Crippen LogP contribution in [0.2, 0.25) is 0 Å². The number of pyridine rings is 2. The van der Waals surface area contributed by atoms with Crippen molar-refractivity contribution >= 4 is 0 Å².